The van der Waals surface area contributed by atoms with Crippen molar-refractivity contribution in [3.63, 3.8) is 0 Å². The topological polar surface area (TPSA) is 119 Å². The van der Waals surface area contributed by atoms with Crippen LogP contribution >= 0.6 is 0 Å². The normalized spacial score (nSPS) is 21.7. The lowest BCUT2D eigenvalue weighted by Crippen LogP contribution is -2.56. The first-order chi connectivity index (χ1) is 20.3. The van der Waals surface area contributed by atoms with Crippen LogP contribution in [0, 0.1) is 20.2 Å². The molecule has 0 bridgehead atoms. The summed E-state index contributed by atoms with van der Waals surface area (Å²) in [6.45, 7) is 7.39. The van der Waals surface area contributed by atoms with E-state index in [1.807, 2.05) is 6.92 Å². The Hall–Kier alpha value is -3.31. The Morgan fingerprint density at radius 3 is 2.79 bits per heavy atom. The van der Waals surface area contributed by atoms with Crippen molar-refractivity contribution >= 4 is 17.1 Å². The molecular formula is C32H46FN5O5. The second-order valence-electron chi connectivity index (χ2n) is 11.9. The number of carbonyl (C=O) groups excluding carboxylic acids is 1. The van der Waals surface area contributed by atoms with E-state index in [4.69, 9.17) is 9.26 Å². The summed E-state index contributed by atoms with van der Waals surface area (Å²) in [6.07, 6.45) is 6.55. The summed E-state index contributed by atoms with van der Waals surface area (Å²) in [5.74, 6) is 0.230. The van der Waals surface area contributed by atoms with E-state index < -0.39 is 12.2 Å². The number of nitrogens with one attached hydrogen (secondary N) is 1. The number of rotatable bonds is 11. The number of likely N-dealkylation sites (tertiary alicyclic amines) is 1. The number of aliphatic hydroxyl groups is 1. The van der Waals surface area contributed by atoms with Gasteiger partial charge in [-0.05, 0) is 38.3 Å². The maximum Gasteiger partial charge on any atom is 0.411 e. The Kier molecular flexibility index (Phi) is 10.9. The number of ether oxygens (including phenoxy) is 1. The fourth-order valence-corrected chi connectivity index (χ4v) is 6.42. The van der Waals surface area contributed by atoms with Crippen LogP contribution in [-0.2, 0) is 17.7 Å². The second-order valence-corrected chi connectivity index (χ2v) is 11.9. The average molecular weight is 600 g/mol. The van der Waals surface area contributed by atoms with Gasteiger partial charge in [0, 0.05) is 61.0 Å². The molecule has 3 aromatic rings. The molecule has 2 N–H and O–H groups in total. The molecule has 236 valence electrons. The summed E-state index contributed by atoms with van der Waals surface area (Å²) >= 11 is 0. The fraction of sp³-hybridized carbons (Fsp3) is 0.594. The maximum atomic E-state index is 13.7. The number of fused-ring (bicyclic) bond motifs is 2. The van der Waals surface area contributed by atoms with Gasteiger partial charge in [-0.15, -0.1) is 0 Å². The molecule has 0 aliphatic carbocycles. The van der Waals surface area contributed by atoms with Gasteiger partial charge in [-0.3, -0.25) is 13.8 Å². The lowest BCUT2D eigenvalue weighted by Gasteiger charge is -2.42. The number of aromatic nitrogens is 3. The number of alkyl carbamates (subject to hydrolysis) is 1. The minimum atomic E-state index is -0.713. The molecule has 2 aromatic heterocycles. The summed E-state index contributed by atoms with van der Waals surface area (Å²) in [5, 5.41) is 18.4. The van der Waals surface area contributed by atoms with Crippen molar-refractivity contribution in [3.8, 4) is 0 Å². The van der Waals surface area contributed by atoms with Gasteiger partial charge in [0.2, 0.25) is 6.73 Å². The number of benzene rings is 1. The van der Waals surface area contributed by atoms with Gasteiger partial charge in [-0.2, -0.15) is 0 Å². The highest BCUT2D eigenvalue weighted by atomic mass is 19.1. The molecular weight excluding hydrogens is 553 g/mol. The van der Waals surface area contributed by atoms with Crippen LogP contribution in [0.2, 0.25) is 0 Å². The lowest BCUT2D eigenvalue weighted by molar-refractivity contribution is -0.947. The molecule has 0 saturated carbocycles. The van der Waals surface area contributed by atoms with Gasteiger partial charge in [-0.25, -0.2) is 14.2 Å². The third-order valence-electron chi connectivity index (χ3n) is 9.01. The van der Waals surface area contributed by atoms with Gasteiger partial charge >= 0.3 is 6.09 Å². The van der Waals surface area contributed by atoms with Gasteiger partial charge in [0.15, 0.2) is 5.58 Å². The van der Waals surface area contributed by atoms with E-state index in [0.29, 0.717) is 59.6 Å². The Morgan fingerprint density at radius 2 is 2.02 bits per heavy atom. The number of nitrogens with zero attached hydrogens (tertiary/aromatic N) is 4. The van der Waals surface area contributed by atoms with Crippen LogP contribution in [0.3, 0.4) is 0 Å². The third kappa shape index (κ3) is 7.44. The van der Waals surface area contributed by atoms with E-state index >= 15 is 0 Å². The van der Waals surface area contributed by atoms with E-state index in [1.165, 1.54) is 12.1 Å². The molecule has 43 heavy (non-hydrogen) atoms. The Balaban J connectivity index is 0.00000423. The Morgan fingerprint density at radius 1 is 1.23 bits per heavy atom. The molecule has 11 heteroatoms. The number of hydrogen-bond donors (Lipinski definition) is 2. The van der Waals surface area contributed by atoms with Gasteiger partial charge in [-0.1, -0.05) is 31.3 Å². The SMILES string of the molecule is CCCCCCNC(=O)OC[N+]1(CCc2c(C)nc3n(c2=O)CCCC3O)CCC(c2noc3cc(F)ccc23)CC1.[CH3-]. The average Bonchev–Trinajstić information content (AvgIpc) is 3.40. The van der Waals surface area contributed by atoms with Crippen LogP contribution in [0.15, 0.2) is 27.5 Å². The van der Waals surface area contributed by atoms with Crippen molar-refractivity contribution < 1.29 is 28.0 Å². The minimum Gasteiger partial charge on any atom is -0.399 e. The number of unbranched alkanes of at least 4 members (excludes halogenated alkanes) is 3. The van der Waals surface area contributed by atoms with Crippen molar-refractivity contribution in [2.24, 2.45) is 0 Å². The number of carbonyl (C=O) groups is 1. The molecule has 0 radical (unpaired) electrons. The third-order valence-corrected chi connectivity index (χ3v) is 9.01. The number of amides is 1. The summed E-state index contributed by atoms with van der Waals surface area (Å²) in [5.41, 5.74) is 2.48. The first-order valence-corrected chi connectivity index (χ1v) is 15.4. The summed E-state index contributed by atoms with van der Waals surface area (Å²) in [6, 6.07) is 4.50. The fourth-order valence-electron chi connectivity index (χ4n) is 6.42. The molecule has 0 spiro atoms. The van der Waals surface area contributed by atoms with Gasteiger partial charge in [0.25, 0.3) is 5.56 Å². The Labute approximate surface area is 252 Å². The Bertz CT molecular complexity index is 1450. The van der Waals surface area contributed by atoms with Crippen molar-refractivity contribution in [2.75, 3.05) is 32.9 Å². The van der Waals surface area contributed by atoms with E-state index in [-0.39, 0.29) is 31.5 Å². The molecule has 5 rings (SSSR count). The largest absolute Gasteiger partial charge is 0.411 e. The number of quaternary nitrogens is 1. The molecule has 2 aliphatic rings. The highest BCUT2D eigenvalue weighted by Gasteiger charge is 2.38. The molecule has 10 nitrogen and oxygen atoms in total. The smallest absolute Gasteiger partial charge is 0.399 e. The number of piperidine rings is 1. The predicted molar refractivity (Wildman–Crippen MR) is 162 cm³/mol. The maximum absolute atomic E-state index is 13.7. The van der Waals surface area contributed by atoms with Crippen LogP contribution in [0.5, 0.6) is 0 Å². The summed E-state index contributed by atoms with van der Waals surface area (Å²) < 4.78 is 27.0. The van der Waals surface area contributed by atoms with Crippen LogP contribution in [0.1, 0.15) is 93.1 Å². The number of halogens is 1. The summed E-state index contributed by atoms with van der Waals surface area (Å²) in [7, 11) is 0. The molecule has 1 atom stereocenters. The van der Waals surface area contributed by atoms with E-state index in [1.54, 1.807) is 10.6 Å². The van der Waals surface area contributed by atoms with Crippen molar-refractivity contribution in [3.05, 3.63) is 64.6 Å². The number of hydrogen-bond acceptors (Lipinski definition) is 7. The van der Waals surface area contributed by atoms with Crippen LogP contribution < -0.4 is 10.9 Å². The van der Waals surface area contributed by atoms with Crippen molar-refractivity contribution in [2.45, 2.75) is 90.2 Å². The molecule has 2 aliphatic heterocycles. The number of aryl methyl sites for hydroxylation is 1. The predicted octanol–water partition coefficient (Wildman–Crippen LogP) is 5.31. The zero-order chi connectivity index (χ0) is 29.7. The van der Waals surface area contributed by atoms with Gasteiger partial charge in [0.1, 0.15) is 17.7 Å². The molecule has 1 saturated heterocycles. The monoisotopic (exact) mass is 599 g/mol. The van der Waals surface area contributed by atoms with E-state index in [9.17, 15) is 19.1 Å². The molecule has 1 unspecified atom stereocenters. The highest BCUT2D eigenvalue weighted by Crippen LogP contribution is 2.35. The number of aliphatic hydroxyl groups excluding tert-OH is 1. The van der Waals surface area contributed by atoms with Gasteiger partial charge < -0.3 is 27.1 Å². The molecule has 1 amide bonds. The standard InChI is InChI=1S/C31H42FN5O5.CH3/c1-3-4-5-6-14-33-31(40)41-20-37(18-13-24-21(2)34-29-26(38)8-7-15-36(29)30(24)39)16-11-22(12-17-37)28-25-10-9-23(32)19-27(25)42-35-28;/h9-10,19,22,26,38H,3-8,11-18,20H2,1-2H3;1H3/q;-1/p+1. The van der Waals surface area contributed by atoms with Crippen LogP contribution in [0.25, 0.3) is 11.0 Å². The van der Waals surface area contributed by atoms with E-state index in [2.05, 4.69) is 22.4 Å². The van der Waals surface area contributed by atoms with Crippen molar-refractivity contribution in [1.82, 2.24) is 20.0 Å². The minimum absolute atomic E-state index is 0. The first kappa shape index (κ1) is 32.6. The quantitative estimate of drug-likeness (QED) is 0.174. The summed E-state index contributed by atoms with van der Waals surface area (Å²) in [4.78, 5) is 30.6. The van der Waals surface area contributed by atoms with Crippen LogP contribution in [-0.4, -0.2) is 63.3 Å². The lowest BCUT2D eigenvalue weighted by atomic mass is 9.90. The highest BCUT2D eigenvalue weighted by molar-refractivity contribution is 5.79. The van der Waals surface area contributed by atoms with Crippen molar-refractivity contribution in [1.29, 1.82) is 0 Å². The van der Waals surface area contributed by atoms with Gasteiger partial charge in [0.05, 0.1) is 25.3 Å². The molecule has 1 aromatic carbocycles. The first-order valence-electron chi connectivity index (χ1n) is 15.4. The van der Waals surface area contributed by atoms with E-state index in [0.717, 1.165) is 69.1 Å². The molecule has 1 fully saturated rings. The zero-order valence-corrected chi connectivity index (χ0v) is 25.7. The van der Waals surface area contributed by atoms with Crippen LogP contribution in [0.4, 0.5) is 9.18 Å². The zero-order valence-electron chi connectivity index (χ0n) is 25.7. The molecule has 4 heterocycles. The second kappa shape index (κ2) is 14.4.